The summed E-state index contributed by atoms with van der Waals surface area (Å²) < 4.78 is 52.2. The summed E-state index contributed by atoms with van der Waals surface area (Å²) in [5.74, 6) is -2.10. The van der Waals surface area contributed by atoms with Crippen LogP contribution in [-0.2, 0) is 10.2 Å². The van der Waals surface area contributed by atoms with Crippen LogP contribution in [0.15, 0.2) is 18.2 Å². The van der Waals surface area contributed by atoms with Gasteiger partial charge in [0.1, 0.15) is 0 Å². The lowest BCUT2D eigenvalue weighted by atomic mass is 10.2. The molecule has 1 heterocycles. The molecule has 18 heavy (non-hydrogen) atoms. The van der Waals surface area contributed by atoms with Gasteiger partial charge < -0.3 is 5.73 Å². The van der Waals surface area contributed by atoms with E-state index >= 15 is 0 Å². The van der Waals surface area contributed by atoms with Crippen molar-refractivity contribution in [3.63, 3.8) is 0 Å². The van der Waals surface area contributed by atoms with Crippen LogP contribution in [-0.4, -0.2) is 38.9 Å². The molecule has 2 rings (SSSR count). The molecule has 8 heteroatoms. The van der Waals surface area contributed by atoms with Crippen molar-refractivity contribution in [1.82, 2.24) is 4.31 Å². The van der Waals surface area contributed by atoms with Crippen LogP contribution in [0.25, 0.3) is 0 Å². The van der Waals surface area contributed by atoms with Crippen molar-refractivity contribution in [3.05, 3.63) is 29.8 Å². The Hall–Kier alpha value is -1.25. The quantitative estimate of drug-likeness (QED) is 0.845. The first-order chi connectivity index (χ1) is 8.37. The number of benzene rings is 1. The highest BCUT2D eigenvalue weighted by atomic mass is 32.2. The second kappa shape index (κ2) is 4.45. The summed E-state index contributed by atoms with van der Waals surface area (Å²) >= 11 is 0. The maximum atomic E-state index is 13.1. The molecule has 1 fully saturated rings. The zero-order chi connectivity index (χ0) is 13.5. The summed E-state index contributed by atoms with van der Waals surface area (Å²) in [6, 6.07) is 2.61. The second-order valence-corrected chi connectivity index (χ2v) is 5.96. The largest absolute Gasteiger partial charge is 0.329 e. The van der Waals surface area contributed by atoms with E-state index in [1.807, 2.05) is 0 Å². The van der Waals surface area contributed by atoms with Gasteiger partial charge in [-0.3, -0.25) is 4.31 Å². The molecule has 0 saturated carbocycles. The van der Waals surface area contributed by atoms with Crippen molar-refractivity contribution in [1.29, 1.82) is 0 Å². The third-order valence-corrected chi connectivity index (χ3v) is 4.94. The molecule has 0 amide bonds. The van der Waals surface area contributed by atoms with Crippen molar-refractivity contribution in [3.8, 4) is 0 Å². The lowest BCUT2D eigenvalue weighted by Gasteiger charge is -2.17. The van der Waals surface area contributed by atoms with Crippen molar-refractivity contribution >= 4 is 15.9 Å². The second-order valence-electron chi connectivity index (χ2n) is 4.04. The molecule has 1 aliphatic rings. The van der Waals surface area contributed by atoms with Gasteiger partial charge in [-0.2, -0.15) is 12.7 Å². The minimum absolute atomic E-state index is 0.0942. The van der Waals surface area contributed by atoms with Gasteiger partial charge in [0.2, 0.25) is 0 Å². The van der Waals surface area contributed by atoms with Crippen LogP contribution >= 0.6 is 0 Å². The minimum atomic E-state index is -3.71. The first-order valence-electron chi connectivity index (χ1n) is 5.28. The molecule has 100 valence electrons. The average Bonchev–Trinajstić information content (AvgIpc) is 2.55. The third-order valence-electron chi connectivity index (χ3n) is 3.00. The van der Waals surface area contributed by atoms with Gasteiger partial charge in [-0.1, -0.05) is 0 Å². The fourth-order valence-corrected chi connectivity index (χ4v) is 3.43. The molecular weight excluding hydrogens is 264 g/mol. The topological polar surface area (TPSA) is 66.6 Å². The Bertz CT molecular complexity index is 564. The molecule has 2 N–H and O–H groups in total. The molecule has 0 spiro atoms. The number of nitrogens with zero attached hydrogens (tertiary/aromatic N) is 2. The maximum Gasteiger partial charge on any atom is 0.304 e. The predicted molar refractivity (Wildman–Crippen MR) is 63.2 cm³/mol. The number of anilines is 1. The molecule has 0 bridgehead atoms. The van der Waals surface area contributed by atoms with Crippen LogP contribution in [0.2, 0.25) is 0 Å². The van der Waals surface area contributed by atoms with Crippen molar-refractivity contribution < 1.29 is 17.2 Å². The molecule has 1 saturated heterocycles. The number of nitrogens with two attached hydrogens (primary N) is 1. The van der Waals surface area contributed by atoms with E-state index in [1.165, 1.54) is 13.1 Å². The van der Waals surface area contributed by atoms with Gasteiger partial charge in [0.25, 0.3) is 0 Å². The monoisotopic (exact) mass is 277 g/mol. The first kappa shape index (κ1) is 13.2. The maximum absolute atomic E-state index is 13.1. The molecule has 0 aliphatic carbocycles. The van der Waals surface area contributed by atoms with E-state index in [4.69, 9.17) is 5.73 Å². The molecule has 1 aromatic rings. The van der Waals surface area contributed by atoms with Crippen LogP contribution in [0.1, 0.15) is 0 Å². The molecule has 5 nitrogen and oxygen atoms in total. The predicted octanol–water partition coefficient (Wildman–Crippen LogP) is 0.289. The van der Waals surface area contributed by atoms with Gasteiger partial charge in [0.15, 0.2) is 11.6 Å². The summed E-state index contributed by atoms with van der Waals surface area (Å²) in [5, 5.41) is 0. The third kappa shape index (κ3) is 1.96. The number of hydrogen-bond donors (Lipinski definition) is 1. The number of likely N-dealkylation sites (N-methyl/N-ethyl adjacent to an activating group) is 1. The Balaban J connectivity index is 2.42. The van der Waals surface area contributed by atoms with E-state index < -0.39 is 21.8 Å². The van der Waals surface area contributed by atoms with E-state index in [9.17, 15) is 17.2 Å². The number of hydrogen-bond acceptors (Lipinski definition) is 3. The molecule has 1 aromatic carbocycles. The van der Waals surface area contributed by atoms with E-state index in [2.05, 4.69) is 0 Å². The van der Waals surface area contributed by atoms with E-state index in [-0.39, 0.29) is 24.8 Å². The Kier molecular flexibility index (Phi) is 3.26. The van der Waals surface area contributed by atoms with Gasteiger partial charge in [0, 0.05) is 19.7 Å². The number of rotatable bonds is 2. The van der Waals surface area contributed by atoms with Crippen LogP contribution in [0.4, 0.5) is 14.5 Å². The minimum Gasteiger partial charge on any atom is -0.329 e. The van der Waals surface area contributed by atoms with Gasteiger partial charge in [-0.15, -0.1) is 0 Å². The summed E-state index contributed by atoms with van der Waals surface area (Å²) in [4.78, 5) is 0. The highest BCUT2D eigenvalue weighted by Crippen LogP contribution is 2.28. The first-order valence-corrected chi connectivity index (χ1v) is 6.68. The van der Waals surface area contributed by atoms with Crippen LogP contribution in [0.5, 0.6) is 0 Å². The summed E-state index contributed by atoms with van der Waals surface area (Å²) in [7, 11) is -2.30. The average molecular weight is 277 g/mol. The molecule has 1 unspecified atom stereocenters. The Morgan fingerprint density at radius 3 is 2.56 bits per heavy atom. The summed E-state index contributed by atoms with van der Waals surface area (Å²) in [6.07, 6.45) is 0. The fourth-order valence-electron chi connectivity index (χ4n) is 1.85. The van der Waals surface area contributed by atoms with Crippen LogP contribution in [0, 0.1) is 11.6 Å². The highest BCUT2D eigenvalue weighted by Gasteiger charge is 2.40. The normalized spacial score (nSPS) is 23.6. The Morgan fingerprint density at radius 1 is 1.39 bits per heavy atom. The summed E-state index contributed by atoms with van der Waals surface area (Å²) in [6.45, 7) is 0.288. The molecule has 1 aliphatic heterocycles. The molecule has 0 aromatic heterocycles. The Labute approximate surface area is 104 Å². The number of halogens is 2. The van der Waals surface area contributed by atoms with Crippen LogP contribution < -0.4 is 10.0 Å². The van der Waals surface area contributed by atoms with E-state index in [1.54, 1.807) is 0 Å². The SMILES string of the molecule is CN1C(CN)CN(c2ccc(F)c(F)c2)S1(=O)=O. The van der Waals surface area contributed by atoms with E-state index in [0.29, 0.717) is 0 Å². The van der Waals surface area contributed by atoms with Crippen molar-refractivity contribution in [2.75, 3.05) is 24.4 Å². The van der Waals surface area contributed by atoms with Crippen LogP contribution in [0.3, 0.4) is 0 Å². The van der Waals surface area contributed by atoms with Gasteiger partial charge in [-0.05, 0) is 12.1 Å². The summed E-state index contributed by atoms with van der Waals surface area (Å²) in [5.41, 5.74) is 5.57. The molecule has 1 atom stereocenters. The lowest BCUT2D eigenvalue weighted by Crippen LogP contribution is -2.36. The molecule has 0 radical (unpaired) electrons. The van der Waals surface area contributed by atoms with Gasteiger partial charge >= 0.3 is 10.2 Å². The zero-order valence-electron chi connectivity index (χ0n) is 9.68. The molecular formula is C10H13F2N3O2S. The lowest BCUT2D eigenvalue weighted by molar-refractivity contribution is 0.417. The fraction of sp³-hybridized carbons (Fsp3) is 0.400. The van der Waals surface area contributed by atoms with Gasteiger partial charge in [0.05, 0.1) is 18.3 Å². The standard InChI is InChI=1S/C10H13F2N3O2S/c1-14-8(5-13)6-15(18(14,16)17)7-2-3-9(11)10(12)4-7/h2-4,8H,5-6,13H2,1H3. The van der Waals surface area contributed by atoms with Gasteiger partial charge in [-0.25, -0.2) is 8.78 Å². The van der Waals surface area contributed by atoms with E-state index in [0.717, 1.165) is 20.7 Å². The highest BCUT2D eigenvalue weighted by molar-refractivity contribution is 7.90. The van der Waals surface area contributed by atoms with Crippen molar-refractivity contribution in [2.24, 2.45) is 5.73 Å². The zero-order valence-corrected chi connectivity index (χ0v) is 10.5. The smallest absolute Gasteiger partial charge is 0.304 e. The van der Waals surface area contributed by atoms with Crippen molar-refractivity contribution in [2.45, 2.75) is 6.04 Å². The Morgan fingerprint density at radius 2 is 2.06 bits per heavy atom.